The fourth-order valence-electron chi connectivity index (χ4n) is 1.97. The lowest BCUT2D eigenvalue weighted by atomic mass is 10.0. The number of thioether (sulfide) groups is 1. The molecule has 1 aromatic rings. The molecule has 0 aliphatic carbocycles. The number of hydrogen-bond acceptors (Lipinski definition) is 4. The summed E-state index contributed by atoms with van der Waals surface area (Å²) in [7, 11) is 0. The lowest BCUT2D eigenvalue weighted by molar-refractivity contribution is 0.515. The number of hydrogen-bond donors (Lipinski definition) is 2. The molecule has 16 heavy (non-hydrogen) atoms. The van der Waals surface area contributed by atoms with Crippen LogP contribution in [0.4, 0.5) is 11.5 Å². The van der Waals surface area contributed by atoms with Crippen molar-refractivity contribution in [2.75, 3.05) is 29.1 Å². The van der Waals surface area contributed by atoms with Gasteiger partial charge < -0.3 is 11.1 Å². The minimum atomic E-state index is 0.733. The van der Waals surface area contributed by atoms with E-state index >= 15 is 0 Å². The number of nitrogens with one attached hydrogen (secondary N) is 1. The molecule has 1 aliphatic heterocycles. The minimum absolute atomic E-state index is 0.733. The Balaban J connectivity index is 1.88. The SMILES string of the molecule is Cc1cc(N)cnc1NCC1CCSCC1. The topological polar surface area (TPSA) is 50.9 Å². The van der Waals surface area contributed by atoms with Crippen molar-refractivity contribution >= 4 is 23.3 Å². The maximum atomic E-state index is 5.67. The summed E-state index contributed by atoms with van der Waals surface area (Å²) in [5.74, 6) is 4.40. The largest absolute Gasteiger partial charge is 0.397 e. The molecule has 4 heteroatoms. The van der Waals surface area contributed by atoms with Gasteiger partial charge in [-0.2, -0.15) is 11.8 Å². The van der Waals surface area contributed by atoms with Crippen LogP contribution in [0.3, 0.4) is 0 Å². The van der Waals surface area contributed by atoms with Gasteiger partial charge in [-0.15, -0.1) is 0 Å². The Labute approximate surface area is 101 Å². The number of aryl methyl sites for hydroxylation is 1. The van der Waals surface area contributed by atoms with E-state index in [-0.39, 0.29) is 0 Å². The van der Waals surface area contributed by atoms with Crippen molar-refractivity contribution < 1.29 is 0 Å². The number of anilines is 2. The minimum Gasteiger partial charge on any atom is -0.397 e. The average Bonchev–Trinajstić information content (AvgIpc) is 2.29. The van der Waals surface area contributed by atoms with E-state index in [1.165, 1.54) is 24.3 Å². The van der Waals surface area contributed by atoms with Crippen LogP contribution in [0.5, 0.6) is 0 Å². The molecule has 0 aromatic carbocycles. The normalized spacial score (nSPS) is 17.3. The molecular weight excluding hydrogens is 218 g/mol. The van der Waals surface area contributed by atoms with Crippen molar-refractivity contribution in [2.24, 2.45) is 5.92 Å². The van der Waals surface area contributed by atoms with E-state index in [0.717, 1.165) is 29.5 Å². The summed E-state index contributed by atoms with van der Waals surface area (Å²) in [6, 6.07) is 1.96. The van der Waals surface area contributed by atoms with Gasteiger partial charge in [0, 0.05) is 6.54 Å². The highest BCUT2D eigenvalue weighted by molar-refractivity contribution is 7.99. The van der Waals surface area contributed by atoms with Crippen LogP contribution in [0, 0.1) is 12.8 Å². The van der Waals surface area contributed by atoms with Gasteiger partial charge in [0.2, 0.25) is 0 Å². The third kappa shape index (κ3) is 3.04. The van der Waals surface area contributed by atoms with Gasteiger partial charge in [-0.25, -0.2) is 4.98 Å². The summed E-state index contributed by atoms with van der Waals surface area (Å²) in [6.07, 6.45) is 4.36. The van der Waals surface area contributed by atoms with E-state index in [9.17, 15) is 0 Å². The smallest absolute Gasteiger partial charge is 0.129 e. The highest BCUT2D eigenvalue weighted by atomic mass is 32.2. The van der Waals surface area contributed by atoms with Crippen LogP contribution in [-0.4, -0.2) is 23.0 Å². The lowest BCUT2D eigenvalue weighted by Crippen LogP contribution is -2.20. The van der Waals surface area contributed by atoms with Crippen molar-refractivity contribution in [3.8, 4) is 0 Å². The molecule has 1 fully saturated rings. The number of nitrogen functional groups attached to an aromatic ring is 1. The van der Waals surface area contributed by atoms with Gasteiger partial charge in [-0.1, -0.05) is 0 Å². The predicted molar refractivity (Wildman–Crippen MR) is 71.9 cm³/mol. The second-order valence-electron chi connectivity index (χ2n) is 4.37. The van der Waals surface area contributed by atoms with Crippen LogP contribution in [0.25, 0.3) is 0 Å². The Bertz CT molecular complexity index is 348. The Kier molecular flexibility index (Phi) is 3.93. The van der Waals surface area contributed by atoms with Gasteiger partial charge in [0.15, 0.2) is 0 Å². The van der Waals surface area contributed by atoms with Crippen molar-refractivity contribution in [1.82, 2.24) is 4.98 Å². The third-order valence-corrected chi connectivity index (χ3v) is 4.05. The molecule has 0 spiro atoms. The quantitative estimate of drug-likeness (QED) is 0.848. The van der Waals surface area contributed by atoms with Crippen LogP contribution < -0.4 is 11.1 Å². The number of nitrogens with zero attached hydrogens (tertiary/aromatic N) is 1. The molecule has 1 saturated heterocycles. The van der Waals surface area contributed by atoms with E-state index in [1.807, 2.05) is 13.0 Å². The van der Waals surface area contributed by atoms with Crippen LogP contribution in [0.1, 0.15) is 18.4 Å². The molecule has 0 atom stereocenters. The van der Waals surface area contributed by atoms with Crippen molar-refractivity contribution in [1.29, 1.82) is 0 Å². The lowest BCUT2D eigenvalue weighted by Gasteiger charge is -2.22. The molecule has 3 N–H and O–H groups in total. The van der Waals surface area contributed by atoms with Crippen molar-refractivity contribution in [3.63, 3.8) is 0 Å². The highest BCUT2D eigenvalue weighted by Crippen LogP contribution is 2.23. The van der Waals surface area contributed by atoms with Crippen molar-refractivity contribution in [3.05, 3.63) is 17.8 Å². The average molecular weight is 237 g/mol. The molecule has 1 aliphatic rings. The van der Waals surface area contributed by atoms with Gasteiger partial charge in [0.25, 0.3) is 0 Å². The first-order chi connectivity index (χ1) is 7.75. The van der Waals surface area contributed by atoms with Gasteiger partial charge >= 0.3 is 0 Å². The summed E-state index contributed by atoms with van der Waals surface area (Å²) in [5, 5.41) is 3.43. The summed E-state index contributed by atoms with van der Waals surface area (Å²) in [6.45, 7) is 3.08. The Morgan fingerprint density at radius 2 is 2.25 bits per heavy atom. The summed E-state index contributed by atoms with van der Waals surface area (Å²) >= 11 is 2.07. The molecule has 1 aromatic heterocycles. The van der Waals surface area contributed by atoms with E-state index in [2.05, 4.69) is 22.1 Å². The van der Waals surface area contributed by atoms with Gasteiger partial charge in [0.05, 0.1) is 11.9 Å². The molecule has 0 unspecified atom stereocenters. The van der Waals surface area contributed by atoms with E-state index < -0.39 is 0 Å². The fraction of sp³-hybridized carbons (Fsp3) is 0.583. The zero-order chi connectivity index (χ0) is 11.4. The van der Waals surface area contributed by atoms with Gasteiger partial charge in [-0.3, -0.25) is 0 Å². The van der Waals surface area contributed by atoms with Crippen LogP contribution in [0.15, 0.2) is 12.3 Å². The first kappa shape index (κ1) is 11.6. The predicted octanol–water partition coefficient (Wildman–Crippen LogP) is 2.53. The second-order valence-corrected chi connectivity index (χ2v) is 5.60. The molecule has 2 rings (SSSR count). The van der Waals surface area contributed by atoms with Crippen LogP contribution in [0.2, 0.25) is 0 Å². The van der Waals surface area contributed by atoms with Crippen molar-refractivity contribution in [2.45, 2.75) is 19.8 Å². The van der Waals surface area contributed by atoms with Crippen LogP contribution >= 0.6 is 11.8 Å². The van der Waals surface area contributed by atoms with Crippen LogP contribution in [-0.2, 0) is 0 Å². The molecule has 0 bridgehead atoms. The molecule has 0 radical (unpaired) electrons. The van der Waals surface area contributed by atoms with Gasteiger partial charge in [-0.05, 0) is 48.8 Å². The van der Waals surface area contributed by atoms with E-state index in [4.69, 9.17) is 5.73 Å². The third-order valence-electron chi connectivity index (χ3n) is 3.00. The summed E-state index contributed by atoms with van der Waals surface area (Å²) in [4.78, 5) is 4.32. The monoisotopic (exact) mass is 237 g/mol. The maximum Gasteiger partial charge on any atom is 0.129 e. The Morgan fingerprint density at radius 3 is 2.94 bits per heavy atom. The molecule has 88 valence electrons. The molecular formula is C12H19N3S. The molecule has 0 amide bonds. The second kappa shape index (κ2) is 5.43. The number of nitrogens with two attached hydrogens (primary N) is 1. The van der Waals surface area contributed by atoms with E-state index in [1.54, 1.807) is 6.20 Å². The zero-order valence-electron chi connectivity index (χ0n) is 9.70. The standard InChI is InChI=1S/C12H19N3S/c1-9-6-11(13)8-15-12(9)14-7-10-2-4-16-5-3-10/h6,8,10H,2-5,7,13H2,1H3,(H,14,15). The summed E-state index contributed by atoms with van der Waals surface area (Å²) in [5.41, 5.74) is 7.54. The van der Waals surface area contributed by atoms with Gasteiger partial charge in [0.1, 0.15) is 5.82 Å². The molecule has 3 nitrogen and oxygen atoms in total. The highest BCUT2D eigenvalue weighted by Gasteiger charge is 2.13. The Morgan fingerprint density at radius 1 is 1.50 bits per heavy atom. The van der Waals surface area contributed by atoms with E-state index in [0.29, 0.717) is 0 Å². The number of aromatic nitrogens is 1. The number of pyridine rings is 1. The fourth-order valence-corrected chi connectivity index (χ4v) is 3.18. The first-order valence-corrected chi connectivity index (χ1v) is 6.95. The summed E-state index contributed by atoms with van der Waals surface area (Å²) < 4.78 is 0. The maximum absolute atomic E-state index is 5.67. The molecule has 0 saturated carbocycles. The number of rotatable bonds is 3. The first-order valence-electron chi connectivity index (χ1n) is 5.79. The Hall–Kier alpha value is -0.900. The zero-order valence-corrected chi connectivity index (χ0v) is 10.5. The molecule has 2 heterocycles.